The fourth-order valence-electron chi connectivity index (χ4n) is 1.69. The maximum absolute atomic E-state index is 9.11. The Bertz CT molecular complexity index is 510. The average Bonchev–Trinajstić information content (AvgIpc) is 2.67. The highest BCUT2D eigenvalue weighted by Crippen LogP contribution is 2.20. The second-order valence-electron chi connectivity index (χ2n) is 3.90. The molecule has 0 spiro atoms. The molecular weight excluding hydrogens is 254 g/mol. The third kappa shape index (κ3) is 3.28. The number of aryl methyl sites for hydroxylation is 3. The third-order valence-electron chi connectivity index (χ3n) is 2.60. The number of rotatable bonds is 4. The number of hydrogen-bond donors (Lipinski definition) is 1. The summed E-state index contributed by atoms with van der Waals surface area (Å²) in [6, 6.07) is 7.89. The van der Waals surface area contributed by atoms with Gasteiger partial charge in [-0.2, -0.15) is 0 Å². The van der Waals surface area contributed by atoms with Gasteiger partial charge in [-0.25, -0.2) is 4.98 Å². The summed E-state index contributed by atoms with van der Waals surface area (Å²) in [5, 5.41) is 11.0. The maximum atomic E-state index is 9.11. The lowest BCUT2D eigenvalue weighted by Gasteiger charge is -1.99. The minimum atomic E-state index is 0.0840. The summed E-state index contributed by atoms with van der Waals surface area (Å²) >= 11 is 7.52. The number of hydrogen-bond acceptors (Lipinski definition) is 3. The molecule has 1 N–H and O–H groups in total. The van der Waals surface area contributed by atoms with E-state index in [1.54, 1.807) is 11.3 Å². The molecule has 0 aliphatic rings. The molecule has 4 heteroatoms. The lowest BCUT2D eigenvalue weighted by atomic mass is 10.1. The normalized spacial score (nSPS) is 10.8. The first-order valence-corrected chi connectivity index (χ1v) is 6.69. The van der Waals surface area contributed by atoms with Crippen molar-refractivity contribution in [3.05, 3.63) is 50.4 Å². The summed E-state index contributed by atoms with van der Waals surface area (Å²) < 4.78 is 0. The van der Waals surface area contributed by atoms with Crippen molar-refractivity contribution in [3.8, 4) is 0 Å². The van der Waals surface area contributed by atoms with E-state index in [1.807, 2.05) is 25.1 Å². The number of aliphatic hydroxyl groups excluding tert-OH is 1. The Labute approximate surface area is 110 Å². The number of aromatic nitrogens is 1. The molecule has 2 nitrogen and oxygen atoms in total. The average molecular weight is 268 g/mol. The van der Waals surface area contributed by atoms with Gasteiger partial charge in [0, 0.05) is 11.4 Å². The van der Waals surface area contributed by atoms with E-state index in [2.05, 4.69) is 11.1 Å². The van der Waals surface area contributed by atoms with Crippen LogP contribution >= 0.6 is 22.9 Å². The molecule has 0 saturated heterocycles. The highest BCUT2D eigenvalue weighted by atomic mass is 35.5. The summed E-state index contributed by atoms with van der Waals surface area (Å²) in [5.41, 5.74) is 2.16. The van der Waals surface area contributed by atoms with Gasteiger partial charge in [0.15, 0.2) is 0 Å². The Hall–Kier alpha value is -0.900. The van der Waals surface area contributed by atoms with E-state index < -0.39 is 0 Å². The summed E-state index contributed by atoms with van der Waals surface area (Å²) in [6.45, 7) is 2.02. The van der Waals surface area contributed by atoms with Gasteiger partial charge in [-0.1, -0.05) is 23.7 Å². The number of thiazole rings is 1. The molecule has 90 valence electrons. The molecule has 0 saturated carbocycles. The van der Waals surface area contributed by atoms with Crippen molar-refractivity contribution in [2.45, 2.75) is 26.4 Å². The SMILES string of the molecule is Cc1nc(CCc2cccc(Cl)c2)sc1CO. The van der Waals surface area contributed by atoms with Crippen LogP contribution < -0.4 is 0 Å². The molecule has 0 aliphatic carbocycles. The van der Waals surface area contributed by atoms with Crippen LogP contribution in [0.15, 0.2) is 24.3 Å². The highest BCUT2D eigenvalue weighted by molar-refractivity contribution is 7.11. The molecule has 0 amide bonds. The largest absolute Gasteiger partial charge is 0.391 e. The maximum Gasteiger partial charge on any atom is 0.0935 e. The van der Waals surface area contributed by atoms with Crippen LogP contribution in [0.4, 0.5) is 0 Å². The standard InChI is InChI=1S/C13H14ClNOS/c1-9-12(8-16)17-13(15-9)6-5-10-3-2-4-11(14)7-10/h2-4,7,16H,5-6,8H2,1H3. The number of halogens is 1. The predicted molar refractivity (Wildman–Crippen MR) is 71.6 cm³/mol. The van der Waals surface area contributed by atoms with Crippen molar-refractivity contribution >= 4 is 22.9 Å². The van der Waals surface area contributed by atoms with E-state index in [1.165, 1.54) is 5.56 Å². The van der Waals surface area contributed by atoms with Crippen molar-refractivity contribution in [1.82, 2.24) is 4.98 Å². The van der Waals surface area contributed by atoms with Crippen molar-refractivity contribution in [3.63, 3.8) is 0 Å². The van der Waals surface area contributed by atoms with Crippen molar-refractivity contribution < 1.29 is 5.11 Å². The Morgan fingerprint density at radius 2 is 2.18 bits per heavy atom. The molecule has 0 unspecified atom stereocenters. The Morgan fingerprint density at radius 1 is 1.35 bits per heavy atom. The first-order valence-electron chi connectivity index (χ1n) is 5.49. The highest BCUT2D eigenvalue weighted by Gasteiger charge is 2.06. The molecule has 17 heavy (non-hydrogen) atoms. The zero-order valence-electron chi connectivity index (χ0n) is 9.61. The first kappa shape index (κ1) is 12.6. The minimum absolute atomic E-state index is 0.0840. The fourth-order valence-corrected chi connectivity index (χ4v) is 2.83. The van der Waals surface area contributed by atoms with Crippen LogP contribution in [-0.4, -0.2) is 10.1 Å². The van der Waals surface area contributed by atoms with Gasteiger partial charge in [0.2, 0.25) is 0 Å². The van der Waals surface area contributed by atoms with Gasteiger partial charge in [-0.15, -0.1) is 11.3 Å². The Kier molecular flexibility index (Phi) is 4.15. The number of benzene rings is 1. The molecule has 1 heterocycles. The van der Waals surface area contributed by atoms with Gasteiger partial charge in [0.1, 0.15) is 0 Å². The van der Waals surface area contributed by atoms with Gasteiger partial charge < -0.3 is 5.11 Å². The van der Waals surface area contributed by atoms with Gasteiger partial charge in [0.25, 0.3) is 0 Å². The fraction of sp³-hybridized carbons (Fsp3) is 0.308. The smallest absolute Gasteiger partial charge is 0.0935 e. The Balaban J connectivity index is 2.02. The van der Waals surface area contributed by atoms with Crippen LogP contribution in [0.2, 0.25) is 5.02 Å². The summed E-state index contributed by atoms with van der Waals surface area (Å²) in [7, 11) is 0. The van der Waals surface area contributed by atoms with Gasteiger partial charge >= 0.3 is 0 Å². The molecule has 0 bridgehead atoms. The third-order valence-corrected chi connectivity index (χ3v) is 4.03. The van der Waals surface area contributed by atoms with E-state index in [4.69, 9.17) is 16.7 Å². The topological polar surface area (TPSA) is 33.1 Å². The second-order valence-corrected chi connectivity index (χ2v) is 5.51. The quantitative estimate of drug-likeness (QED) is 0.921. The van der Waals surface area contributed by atoms with Crippen LogP contribution in [0.5, 0.6) is 0 Å². The van der Waals surface area contributed by atoms with Gasteiger partial charge in [-0.3, -0.25) is 0 Å². The van der Waals surface area contributed by atoms with E-state index in [0.29, 0.717) is 0 Å². The van der Waals surface area contributed by atoms with Gasteiger partial charge in [0.05, 0.1) is 22.2 Å². The zero-order valence-corrected chi connectivity index (χ0v) is 11.2. The molecule has 1 aromatic carbocycles. The van der Waals surface area contributed by atoms with E-state index in [9.17, 15) is 0 Å². The molecule has 0 radical (unpaired) electrons. The molecule has 1 aromatic heterocycles. The van der Waals surface area contributed by atoms with E-state index >= 15 is 0 Å². The molecule has 0 aliphatic heterocycles. The lowest BCUT2D eigenvalue weighted by molar-refractivity contribution is 0.284. The van der Waals surface area contributed by atoms with Crippen LogP contribution in [0.25, 0.3) is 0 Å². The molecule has 0 atom stereocenters. The minimum Gasteiger partial charge on any atom is -0.391 e. The Morgan fingerprint density at radius 3 is 2.82 bits per heavy atom. The zero-order chi connectivity index (χ0) is 12.3. The second kappa shape index (κ2) is 5.63. The lowest BCUT2D eigenvalue weighted by Crippen LogP contribution is -1.90. The van der Waals surface area contributed by atoms with E-state index in [0.717, 1.165) is 33.4 Å². The molecule has 0 fully saturated rings. The van der Waals surface area contributed by atoms with Crippen molar-refractivity contribution in [1.29, 1.82) is 0 Å². The number of aliphatic hydroxyl groups is 1. The van der Waals surface area contributed by atoms with E-state index in [-0.39, 0.29) is 6.61 Å². The molecular formula is C13H14ClNOS. The molecule has 2 rings (SSSR count). The molecule has 2 aromatic rings. The van der Waals surface area contributed by atoms with Crippen LogP contribution in [0.1, 0.15) is 21.1 Å². The van der Waals surface area contributed by atoms with Crippen LogP contribution in [0.3, 0.4) is 0 Å². The summed E-state index contributed by atoms with van der Waals surface area (Å²) in [5.74, 6) is 0. The van der Waals surface area contributed by atoms with Crippen molar-refractivity contribution in [2.75, 3.05) is 0 Å². The summed E-state index contributed by atoms with van der Waals surface area (Å²) in [6.07, 6.45) is 1.82. The summed E-state index contributed by atoms with van der Waals surface area (Å²) in [4.78, 5) is 5.41. The van der Waals surface area contributed by atoms with Crippen LogP contribution in [0, 0.1) is 6.92 Å². The first-order chi connectivity index (χ1) is 8.19. The van der Waals surface area contributed by atoms with Crippen LogP contribution in [-0.2, 0) is 19.4 Å². The number of nitrogens with zero attached hydrogens (tertiary/aromatic N) is 1. The van der Waals surface area contributed by atoms with Crippen molar-refractivity contribution in [2.24, 2.45) is 0 Å². The monoisotopic (exact) mass is 267 g/mol. The van der Waals surface area contributed by atoms with Gasteiger partial charge in [-0.05, 0) is 31.0 Å². The predicted octanol–water partition coefficient (Wildman–Crippen LogP) is 3.38.